The van der Waals surface area contributed by atoms with Crippen molar-refractivity contribution >= 4 is 11.6 Å². The molecule has 78 valence electrons. The Balaban J connectivity index is 2.76. The minimum atomic E-state index is -0.507. The fraction of sp³-hybridized carbons (Fsp3) is 0.200. The molecule has 0 amide bonds. The number of fused-ring (bicyclic) bond motifs is 1. The van der Waals surface area contributed by atoms with Crippen LogP contribution in [-0.4, -0.2) is 28.4 Å². The highest BCUT2D eigenvalue weighted by atomic mass is 16.5. The van der Waals surface area contributed by atoms with Crippen LogP contribution in [0.15, 0.2) is 6.07 Å². The van der Waals surface area contributed by atoms with Crippen molar-refractivity contribution in [2.45, 2.75) is 6.92 Å². The van der Waals surface area contributed by atoms with Gasteiger partial charge < -0.3 is 14.9 Å². The minimum Gasteiger partial charge on any atom is -0.507 e. The van der Waals surface area contributed by atoms with Gasteiger partial charge in [0.25, 0.3) is 0 Å². The van der Waals surface area contributed by atoms with Crippen LogP contribution in [0.25, 0.3) is 0 Å². The van der Waals surface area contributed by atoms with Crippen molar-refractivity contribution in [3.8, 4) is 17.2 Å². The van der Waals surface area contributed by atoms with E-state index < -0.39 is 17.3 Å². The van der Waals surface area contributed by atoms with Gasteiger partial charge in [0.1, 0.15) is 28.4 Å². The zero-order chi connectivity index (χ0) is 11.2. The summed E-state index contributed by atoms with van der Waals surface area (Å²) in [5, 5.41) is 19.1. The highest BCUT2D eigenvalue weighted by molar-refractivity contribution is 6.10. The number of ether oxygens (including phenoxy) is 1. The lowest BCUT2D eigenvalue weighted by Crippen LogP contribution is -2.01. The molecule has 0 spiro atoms. The molecule has 0 aliphatic carbocycles. The molecular formula is C10H8O5. The van der Waals surface area contributed by atoms with E-state index in [1.54, 1.807) is 0 Å². The van der Waals surface area contributed by atoms with Gasteiger partial charge in [-0.15, -0.1) is 0 Å². The Kier molecular flexibility index (Phi) is 1.89. The molecule has 5 heteroatoms. The van der Waals surface area contributed by atoms with E-state index in [0.717, 1.165) is 6.07 Å². The largest absolute Gasteiger partial charge is 0.507 e. The van der Waals surface area contributed by atoms with Crippen LogP contribution in [0.2, 0.25) is 0 Å². The Morgan fingerprint density at radius 3 is 2.73 bits per heavy atom. The zero-order valence-corrected chi connectivity index (χ0v) is 7.90. The Hall–Kier alpha value is -2.04. The molecule has 0 radical (unpaired) electrons. The van der Waals surface area contributed by atoms with Gasteiger partial charge in [0.15, 0.2) is 12.4 Å². The molecule has 0 unspecified atom stereocenters. The van der Waals surface area contributed by atoms with Crippen molar-refractivity contribution in [2.75, 3.05) is 6.61 Å². The number of Topliss-reactive ketones (excluding diaryl/α,β-unsaturated/α-hetero) is 2. The zero-order valence-electron chi connectivity index (χ0n) is 7.90. The van der Waals surface area contributed by atoms with Crippen molar-refractivity contribution in [2.24, 2.45) is 0 Å². The van der Waals surface area contributed by atoms with Crippen molar-refractivity contribution in [1.82, 2.24) is 0 Å². The summed E-state index contributed by atoms with van der Waals surface area (Å²) < 4.78 is 4.93. The average molecular weight is 208 g/mol. The second-order valence-corrected chi connectivity index (χ2v) is 3.26. The summed E-state index contributed by atoms with van der Waals surface area (Å²) >= 11 is 0. The van der Waals surface area contributed by atoms with E-state index in [-0.39, 0.29) is 29.2 Å². The van der Waals surface area contributed by atoms with Crippen LogP contribution in [0.5, 0.6) is 17.2 Å². The van der Waals surface area contributed by atoms with Gasteiger partial charge in [0, 0.05) is 6.07 Å². The molecule has 0 bridgehead atoms. The van der Waals surface area contributed by atoms with Gasteiger partial charge in [0.05, 0.1) is 0 Å². The van der Waals surface area contributed by atoms with Crippen molar-refractivity contribution in [1.29, 1.82) is 0 Å². The summed E-state index contributed by atoms with van der Waals surface area (Å²) in [5.74, 6) is -1.68. The third kappa shape index (κ3) is 1.24. The highest BCUT2D eigenvalue weighted by Crippen LogP contribution is 2.40. The molecule has 0 fully saturated rings. The molecule has 1 heterocycles. The Morgan fingerprint density at radius 2 is 2.13 bits per heavy atom. The first-order valence-corrected chi connectivity index (χ1v) is 4.28. The highest BCUT2D eigenvalue weighted by Gasteiger charge is 2.30. The molecule has 5 nitrogen and oxygen atoms in total. The van der Waals surface area contributed by atoms with Crippen LogP contribution >= 0.6 is 0 Å². The lowest BCUT2D eigenvalue weighted by atomic mass is 10.0. The molecule has 0 aromatic heterocycles. The molecule has 0 atom stereocenters. The van der Waals surface area contributed by atoms with E-state index in [9.17, 15) is 19.8 Å². The molecule has 0 saturated heterocycles. The van der Waals surface area contributed by atoms with E-state index >= 15 is 0 Å². The van der Waals surface area contributed by atoms with Crippen molar-refractivity contribution in [3.63, 3.8) is 0 Å². The number of ketones is 2. The first kappa shape index (κ1) is 9.51. The summed E-state index contributed by atoms with van der Waals surface area (Å²) in [4.78, 5) is 22.4. The van der Waals surface area contributed by atoms with Crippen LogP contribution < -0.4 is 4.74 Å². The standard InChI is InChI=1S/C10H8O5/c1-4(11)8-5(12)2-7-9(10(8)14)6(13)3-15-7/h2,12,14H,3H2,1H3. The van der Waals surface area contributed by atoms with Gasteiger partial charge in [-0.25, -0.2) is 0 Å². The smallest absolute Gasteiger partial charge is 0.207 e. The molecule has 2 rings (SSSR count). The van der Waals surface area contributed by atoms with Crippen molar-refractivity contribution < 1.29 is 24.5 Å². The van der Waals surface area contributed by atoms with Gasteiger partial charge in [-0.3, -0.25) is 9.59 Å². The summed E-state index contributed by atoms with van der Waals surface area (Å²) in [6.07, 6.45) is 0. The first-order valence-electron chi connectivity index (χ1n) is 4.28. The molecular weight excluding hydrogens is 200 g/mol. The number of phenolic OH excluding ortho intramolecular Hbond substituents is 2. The fourth-order valence-corrected chi connectivity index (χ4v) is 1.58. The second kappa shape index (κ2) is 2.98. The number of aromatic hydroxyl groups is 2. The predicted octanol–water partition coefficient (Wildman–Crippen LogP) is 0.875. The molecule has 15 heavy (non-hydrogen) atoms. The number of hydrogen-bond donors (Lipinski definition) is 2. The number of carbonyl (C=O) groups is 2. The van der Waals surface area contributed by atoms with Gasteiger partial charge in [0.2, 0.25) is 5.78 Å². The van der Waals surface area contributed by atoms with Crippen LogP contribution in [0.4, 0.5) is 0 Å². The molecule has 2 N–H and O–H groups in total. The van der Waals surface area contributed by atoms with Gasteiger partial charge in [-0.05, 0) is 6.92 Å². The summed E-state index contributed by atoms with van der Waals surface area (Å²) in [6.45, 7) is 1.02. The maximum absolute atomic E-state index is 11.3. The third-order valence-corrected chi connectivity index (χ3v) is 2.23. The Morgan fingerprint density at radius 1 is 1.47 bits per heavy atom. The minimum absolute atomic E-state index is 0.0296. The van der Waals surface area contributed by atoms with Crippen LogP contribution in [0.3, 0.4) is 0 Å². The molecule has 1 aromatic carbocycles. The predicted molar refractivity (Wildman–Crippen MR) is 49.6 cm³/mol. The first-order chi connectivity index (χ1) is 7.02. The monoisotopic (exact) mass is 208 g/mol. The lowest BCUT2D eigenvalue weighted by molar-refractivity contribution is 0.0959. The number of rotatable bonds is 1. The van der Waals surface area contributed by atoms with E-state index in [1.165, 1.54) is 6.92 Å². The molecule has 1 aliphatic heterocycles. The summed E-state index contributed by atoms with van der Waals surface area (Å²) in [7, 11) is 0. The Labute approximate surface area is 84.9 Å². The topological polar surface area (TPSA) is 83.8 Å². The van der Waals surface area contributed by atoms with Gasteiger partial charge in [-0.1, -0.05) is 0 Å². The summed E-state index contributed by atoms with van der Waals surface area (Å²) in [5.41, 5.74) is -0.273. The van der Waals surface area contributed by atoms with Gasteiger partial charge in [-0.2, -0.15) is 0 Å². The fourth-order valence-electron chi connectivity index (χ4n) is 1.58. The van der Waals surface area contributed by atoms with E-state index in [4.69, 9.17) is 4.74 Å². The third-order valence-electron chi connectivity index (χ3n) is 2.23. The van der Waals surface area contributed by atoms with E-state index in [0.29, 0.717) is 0 Å². The Bertz CT molecular complexity index is 471. The normalized spacial score (nSPS) is 13.5. The maximum Gasteiger partial charge on any atom is 0.207 e. The van der Waals surface area contributed by atoms with Gasteiger partial charge >= 0.3 is 0 Å². The number of hydrogen-bond acceptors (Lipinski definition) is 5. The van der Waals surface area contributed by atoms with E-state index in [1.807, 2.05) is 0 Å². The molecule has 1 aliphatic rings. The SMILES string of the molecule is CC(=O)c1c(O)cc2c(c1O)C(=O)CO2. The molecule has 0 saturated carbocycles. The lowest BCUT2D eigenvalue weighted by Gasteiger charge is -2.06. The number of phenols is 2. The number of benzene rings is 1. The quantitative estimate of drug-likeness (QED) is 0.669. The van der Waals surface area contributed by atoms with Crippen molar-refractivity contribution in [3.05, 3.63) is 17.2 Å². The maximum atomic E-state index is 11.3. The van der Waals surface area contributed by atoms with Crippen LogP contribution in [-0.2, 0) is 0 Å². The average Bonchev–Trinajstić information content (AvgIpc) is 2.46. The number of carbonyl (C=O) groups excluding carboxylic acids is 2. The van der Waals surface area contributed by atoms with E-state index in [2.05, 4.69) is 0 Å². The summed E-state index contributed by atoms with van der Waals surface area (Å²) in [6, 6.07) is 1.16. The van der Waals surface area contributed by atoms with Crippen LogP contribution in [0.1, 0.15) is 27.6 Å². The molecule has 1 aromatic rings. The second-order valence-electron chi connectivity index (χ2n) is 3.26. The van der Waals surface area contributed by atoms with Crippen LogP contribution in [0, 0.1) is 0 Å².